The number of carbonyl (C=O) groups is 2. The number of likely N-dealkylation sites (tertiary alicyclic amines) is 1. The van der Waals surface area contributed by atoms with Gasteiger partial charge < -0.3 is 14.8 Å². The second kappa shape index (κ2) is 8.34. The third kappa shape index (κ3) is 3.84. The van der Waals surface area contributed by atoms with Gasteiger partial charge in [0.15, 0.2) is 0 Å². The number of hydrogen-bond donors (Lipinski definition) is 1. The van der Waals surface area contributed by atoms with Crippen LogP contribution in [0.3, 0.4) is 0 Å². The van der Waals surface area contributed by atoms with Crippen LogP contribution in [0.5, 0.6) is 0 Å². The molecule has 3 atom stereocenters. The molecule has 0 radical (unpaired) electrons. The summed E-state index contributed by atoms with van der Waals surface area (Å²) in [6.45, 7) is 3.20. The monoisotopic (exact) mass is 487 g/mol. The van der Waals surface area contributed by atoms with Gasteiger partial charge in [0.1, 0.15) is 11.5 Å². The smallest absolute Gasteiger partial charge is 0.268 e. The van der Waals surface area contributed by atoms with Crippen LogP contribution >= 0.6 is 11.3 Å². The molecule has 1 aliphatic heterocycles. The van der Waals surface area contributed by atoms with Gasteiger partial charge in [0.05, 0.1) is 11.6 Å². The molecule has 4 aromatic rings. The van der Waals surface area contributed by atoms with Crippen LogP contribution < -0.4 is 5.32 Å². The van der Waals surface area contributed by atoms with Crippen molar-refractivity contribution in [1.29, 1.82) is 0 Å². The molecule has 2 aromatic carbocycles. The zero-order valence-electron chi connectivity index (χ0n) is 19.6. The van der Waals surface area contributed by atoms with Gasteiger partial charge in [-0.2, -0.15) is 0 Å². The fourth-order valence-corrected chi connectivity index (χ4v) is 6.42. The number of benzene rings is 2. The summed E-state index contributed by atoms with van der Waals surface area (Å²) in [5.74, 6) is 0.448. The third-order valence-electron chi connectivity index (χ3n) is 7.45. The molecule has 0 bridgehead atoms. The highest BCUT2D eigenvalue weighted by atomic mass is 32.1. The van der Waals surface area contributed by atoms with Crippen molar-refractivity contribution in [1.82, 2.24) is 14.8 Å². The van der Waals surface area contributed by atoms with E-state index in [0.29, 0.717) is 29.5 Å². The first-order chi connectivity index (χ1) is 16.9. The Morgan fingerprint density at radius 1 is 1.14 bits per heavy atom. The van der Waals surface area contributed by atoms with E-state index in [1.165, 1.54) is 12.1 Å². The Bertz CT molecular complexity index is 1470. The predicted octanol–water partition coefficient (Wildman–Crippen LogP) is 5.24. The summed E-state index contributed by atoms with van der Waals surface area (Å²) in [5.41, 5.74) is 4.23. The summed E-state index contributed by atoms with van der Waals surface area (Å²) < 4.78 is 15.4. The molecule has 2 aromatic heterocycles. The van der Waals surface area contributed by atoms with E-state index in [2.05, 4.69) is 24.4 Å². The number of piperidine rings is 1. The van der Waals surface area contributed by atoms with Crippen LogP contribution in [0.25, 0.3) is 21.3 Å². The van der Waals surface area contributed by atoms with E-state index in [-0.39, 0.29) is 23.7 Å². The van der Waals surface area contributed by atoms with Crippen molar-refractivity contribution in [2.45, 2.75) is 19.4 Å². The lowest BCUT2D eigenvalue weighted by molar-refractivity contribution is 0.0695. The molecule has 1 N–H and O–H groups in total. The molecule has 0 unspecified atom stereocenters. The Morgan fingerprint density at radius 3 is 2.83 bits per heavy atom. The first kappa shape index (κ1) is 22.0. The summed E-state index contributed by atoms with van der Waals surface area (Å²) in [7, 11) is 1.81. The lowest BCUT2D eigenvalue weighted by Crippen LogP contribution is -2.45. The highest BCUT2D eigenvalue weighted by Gasteiger charge is 2.54. The van der Waals surface area contributed by atoms with Crippen LogP contribution in [0.1, 0.15) is 32.8 Å². The lowest BCUT2D eigenvalue weighted by Gasteiger charge is -2.28. The Kier molecular flexibility index (Phi) is 5.25. The zero-order valence-corrected chi connectivity index (χ0v) is 20.4. The van der Waals surface area contributed by atoms with Crippen molar-refractivity contribution < 1.29 is 14.0 Å². The van der Waals surface area contributed by atoms with Gasteiger partial charge in [-0.05, 0) is 66.5 Å². The molecule has 1 aliphatic carbocycles. The minimum absolute atomic E-state index is 0.0196. The van der Waals surface area contributed by atoms with Crippen molar-refractivity contribution in [3.05, 3.63) is 82.6 Å². The normalized spacial score (nSPS) is 20.8. The Balaban J connectivity index is 1.21. The maximum atomic E-state index is 13.7. The fourth-order valence-electron chi connectivity index (χ4n) is 5.53. The van der Waals surface area contributed by atoms with Crippen LogP contribution in [0.4, 0.5) is 4.39 Å². The predicted molar refractivity (Wildman–Crippen MR) is 136 cm³/mol. The SMILES string of the molecule is Cc1cccc(-c2sccc2C(=O)N2C[C@@H]3C[C@@H]3[C@H]2CNC(=O)c2cc3cc(F)ccc3n2C)c1. The molecule has 35 heavy (non-hydrogen) atoms. The van der Waals surface area contributed by atoms with E-state index in [9.17, 15) is 14.0 Å². The minimum Gasteiger partial charge on any atom is -0.349 e. The minimum atomic E-state index is -0.326. The van der Waals surface area contributed by atoms with Crippen LogP contribution in [-0.4, -0.2) is 40.4 Å². The number of halogens is 1. The molecule has 2 aliphatic rings. The maximum absolute atomic E-state index is 13.7. The number of nitrogens with zero attached hydrogens (tertiary/aromatic N) is 2. The van der Waals surface area contributed by atoms with Gasteiger partial charge in [-0.25, -0.2) is 4.39 Å². The third-order valence-corrected chi connectivity index (χ3v) is 8.41. The summed E-state index contributed by atoms with van der Waals surface area (Å²) in [5, 5.41) is 5.72. The van der Waals surface area contributed by atoms with Crippen molar-refractivity contribution in [3.63, 3.8) is 0 Å². The number of amides is 2. The standard InChI is InChI=1S/C28H26FN3O2S/c1-16-4-3-5-17(10-16)26-21(8-9-35-26)28(34)32-15-19-12-22(19)25(32)14-30-27(33)24-13-18-11-20(29)6-7-23(18)31(24)2/h3-11,13,19,22,25H,12,14-15H2,1-2H3,(H,30,33)/t19-,22-,25+/m0/s1. The van der Waals surface area contributed by atoms with Crippen molar-refractivity contribution in [2.75, 3.05) is 13.1 Å². The van der Waals surface area contributed by atoms with Gasteiger partial charge in [0.2, 0.25) is 0 Å². The van der Waals surface area contributed by atoms with E-state index in [0.717, 1.165) is 40.0 Å². The molecule has 2 fully saturated rings. The average Bonchev–Trinajstić information content (AvgIpc) is 3.17. The number of thiophene rings is 1. The highest BCUT2D eigenvalue weighted by molar-refractivity contribution is 7.14. The average molecular weight is 488 g/mol. The Hall–Kier alpha value is -3.45. The van der Waals surface area contributed by atoms with E-state index in [1.807, 2.05) is 28.5 Å². The van der Waals surface area contributed by atoms with Crippen LogP contribution in [0.15, 0.2) is 60.0 Å². The fraction of sp³-hybridized carbons (Fsp3) is 0.286. The van der Waals surface area contributed by atoms with Gasteiger partial charge in [0, 0.05) is 35.9 Å². The summed E-state index contributed by atoms with van der Waals surface area (Å²) >= 11 is 1.59. The van der Waals surface area contributed by atoms with Crippen molar-refractivity contribution >= 4 is 34.1 Å². The van der Waals surface area contributed by atoms with Gasteiger partial charge >= 0.3 is 0 Å². The molecule has 178 valence electrons. The number of fused-ring (bicyclic) bond motifs is 2. The first-order valence-corrected chi connectivity index (χ1v) is 12.8. The number of rotatable bonds is 5. The lowest BCUT2D eigenvalue weighted by atomic mass is 10.1. The van der Waals surface area contributed by atoms with Crippen molar-refractivity contribution in [3.8, 4) is 10.4 Å². The topological polar surface area (TPSA) is 54.3 Å². The Morgan fingerprint density at radius 2 is 2.00 bits per heavy atom. The molecule has 7 heteroatoms. The molecular formula is C28H26FN3O2S. The molecular weight excluding hydrogens is 461 g/mol. The summed E-state index contributed by atoms with van der Waals surface area (Å²) in [6.07, 6.45) is 1.10. The van der Waals surface area contributed by atoms with E-state index >= 15 is 0 Å². The summed E-state index contributed by atoms with van der Waals surface area (Å²) in [6, 6.07) is 16.3. The number of hydrogen-bond acceptors (Lipinski definition) is 3. The van der Waals surface area contributed by atoms with Crippen LogP contribution in [-0.2, 0) is 7.05 Å². The number of carbonyl (C=O) groups excluding carboxylic acids is 2. The maximum Gasteiger partial charge on any atom is 0.268 e. The van der Waals surface area contributed by atoms with Crippen LogP contribution in [0, 0.1) is 24.6 Å². The molecule has 1 saturated carbocycles. The van der Waals surface area contributed by atoms with E-state index < -0.39 is 0 Å². The van der Waals surface area contributed by atoms with Gasteiger partial charge in [-0.1, -0.05) is 29.8 Å². The van der Waals surface area contributed by atoms with Crippen LogP contribution in [0.2, 0.25) is 0 Å². The molecule has 3 heterocycles. The molecule has 1 saturated heterocycles. The highest BCUT2D eigenvalue weighted by Crippen LogP contribution is 2.50. The van der Waals surface area contributed by atoms with E-state index in [4.69, 9.17) is 0 Å². The first-order valence-electron chi connectivity index (χ1n) is 11.9. The second-order valence-electron chi connectivity index (χ2n) is 9.72. The molecule has 5 nitrogen and oxygen atoms in total. The number of nitrogens with one attached hydrogen (secondary N) is 1. The molecule has 6 rings (SSSR count). The van der Waals surface area contributed by atoms with Gasteiger partial charge in [0.25, 0.3) is 11.8 Å². The van der Waals surface area contributed by atoms with Gasteiger partial charge in [-0.3, -0.25) is 9.59 Å². The number of aromatic nitrogens is 1. The molecule has 0 spiro atoms. The Labute approximate surface area is 207 Å². The van der Waals surface area contributed by atoms with Gasteiger partial charge in [-0.15, -0.1) is 11.3 Å². The molecule has 2 amide bonds. The quantitative estimate of drug-likeness (QED) is 0.418. The zero-order chi connectivity index (χ0) is 24.3. The summed E-state index contributed by atoms with van der Waals surface area (Å²) in [4.78, 5) is 29.7. The van der Waals surface area contributed by atoms with Crippen molar-refractivity contribution in [2.24, 2.45) is 18.9 Å². The largest absolute Gasteiger partial charge is 0.349 e. The number of aryl methyl sites for hydroxylation is 2. The second-order valence-corrected chi connectivity index (χ2v) is 10.6. The van der Waals surface area contributed by atoms with E-state index in [1.54, 1.807) is 35.1 Å².